The summed E-state index contributed by atoms with van der Waals surface area (Å²) in [5.74, 6) is -1.92. The molecule has 3 rings (SSSR count). The van der Waals surface area contributed by atoms with Gasteiger partial charge in [0.1, 0.15) is 12.1 Å². The highest BCUT2D eigenvalue weighted by Gasteiger charge is 2.50. The zero-order valence-electron chi connectivity index (χ0n) is 14.9. The molecule has 2 atom stereocenters. The zero-order chi connectivity index (χ0) is 21.4. The van der Waals surface area contributed by atoms with Crippen LogP contribution in [0.25, 0.3) is 0 Å². The first-order chi connectivity index (χ1) is 13.5. The topological polar surface area (TPSA) is 103 Å². The molecule has 0 radical (unpaired) electrons. The largest absolute Gasteiger partial charge is 0.452 e. The van der Waals surface area contributed by atoms with Crippen molar-refractivity contribution >= 4 is 17.6 Å². The van der Waals surface area contributed by atoms with Gasteiger partial charge in [-0.25, -0.2) is 18.8 Å². The normalized spacial score (nSPS) is 22.0. The van der Waals surface area contributed by atoms with Crippen LogP contribution in [0, 0.1) is 5.82 Å². The van der Waals surface area contributed by atoms with E-state index in [1.807, 2.05) is 0 Å². The number of benzene rings is 1. The summed E-state index contributed by atoms with van der Waals surface area (Å²) in [6.07, 6.45) is -6.77. The molecule has 2 aromatic rings. The van der Waals surface area contributed by atoms with Gasteiger partial charge in [0.05, 0.1) is 5.54 Å². The van der Waals surface area contributed by atoms with Crippen molar-refractivity contribution in [3.63, 3.8) is 0 Å². The number of carbonyl (C=O) groups excluding carboxylic acids is 1. The number of oxazole rings is 1. The third-order valence-corrected chi connectivity index (χ3v) is 4.27. The average molecular weight is 418 g/mol. The first-order valence-electron chi connectivity index (χ1n) is 8.22. The molecule has 1 aliphatic heterocycles. The second kappa shape index (κ2) is 7.33. The number of nitrogens with two attached hydrogens (primary N) is 1. The molecule has 0 aliphatic carbocycles. The summed E-state index contributed by atoms with van der Waals surface area (Å²) in [6.45, 7) is 0.268. The number of aliphatic imine (C=N–C) groups is 1. The Hall–Kier alpha value is -3.18. The summed E-state index contributed by atoms with van der Waals surface area (Å²) < 4.78 is 75.5. The van der Waals surface area contributed by atoms with Crippen molar-refractivity contribution in [3.05, 3.63) is 47.4 Å². The molecule has 12 heteroatoms. The van der Waals surface area contributed by atoms with Crippen molar-refractivity contribution in [2.24, 2.45) is 10.7 Å². The number of alkyl halides is 4. The minimum Gasteiger partial charge on any atom is -0.452 e. The van der Waals surface area contributed by atoms with Crippen molar-refractivity contribution < 1.29 is 35.9 Å². The van der Waals surface area contributed by atoms with Gasteiger partial charge in [0.2, 0.25) is 5.89 Å². The molecular weight excluding hydrogens is 403 g/mol. The Bertz CT molecular complexity index is 959. The molecule has 1 aromatic carbocycles. The van der Waals surface area contributed by atoms with E-state index in [1.54, 1.807) is 0 Å². The third kappa shape index (κ3) is 4.30. The number of nitrogens with zero attached hydrogens (tertiary/aromatic N) is 2. The zero-order valence-corrected chi connectivity index (χ0v) is 14.9. The number of carbonyl (C=O) groups is 1. The maximum atomic E-state index is 14.4. The molecule has 7 nitrogen and oxygen atoms in total. The summed E-state index contributed by atoms with van der Waals surface area (Å²) in [7, 11) is 0. The van der Waals surface area contributed by atoms with Gasteiger partial charge in [0, 0.05) is 17.7 Å². The summed E-state index contributed by atoms with van der Waals surface area (Å²) in [5.41, 5.74) is 3.30. The number of ether oxygens (including phenoxy) is 1. The first-order valence-corrected chi connectivity index (χ1v) is 8.22. The minimum absolute atomic E-state index is 0.0567. The molecule has 1 amide bonds. The van der Waals surface area contributed by atoms with E-state index in [0.717, 1.165) is 18.4 Å². The Morgan fingerprint density at radius 3 is 2.76 bits per heavy atom. The maximum absolute atomic E-state index is 14.4. The molecule has 1 aliphatic rings. The van der Waals surface area contributed by atoms with Crippen molar-refractivity contribution in [2.75, 3.05) is 5.32 Å². The minimum atomic E-state index is -4.73. The van der Waals surface area contributed by atoms with Crippen LogP contribution in [0.1, 0.15) is 35.3 Å². The highest BCUT2D eigenvalue weighted by atomic mass is 19.4. The molecule has 0 bridgehead atoms. The summed E-state index contributed by atoms with van der Waals surface area (Å²) in [4.78, 5) is 19.6. The number of hydrogen-bond donors (Lipinski definition) is 2. The van der Waals surface area contributed by atoms with Crippen LogP contribution in [0.15, 0.2) is 33.9 Å². The lowest BCUT2D eigenvalue weighted by atomic mass is 9.85. The standard InChI is InChI=1S/C17H15F5N4O3/c1-16(5-12(17(20,21)22)29-15(23)26-16)9-4-8(2-3-10(9)19)24-14(27)11-7-28-13(6-18)25-11/h2-4,7,12H,5-6H2,1H3,(H2,23,26)(H,24,27)/t12-,16-/m0/s1. The lowest BCUT2D eigenvalue weighted by Gasteiger charge is -2.36. The molecule has 0 saturated heterocycles. The van der Waals surface area contributed by atoms with Crippen LogP contribution in [-0.4, -0.2) is 29.2 Å². The second-order valence-corrected chi connectivity index (χ2v) is 6.48. The van der Waals surface area contributed by atoms with Crippen LogP contribution >= 0.6 is 0 Å². The van der Waals surface area contributed by atoms with Gasteiger partial charge in [0.15, 0.2) is 18.5 Å². The van der Waals surface area contributed by atoms with Gasteiger partial charge in [-0.3, -0.25) is 4.79 Å². The van der Waals surface area contributed by atoms with Crippen LogP contribution in [0.4, 0.5) is 27.6 Å². The Morgan fingerprint density at radius 2 is 2.14 bits per heavy atom. The number of halogens is 5. The predicted molar refractivity (Wildman–Crippen MR) is 90.2 cm³/mol. The van der Waals surface area contributed by atoms with Gasteiger partial charge >= 0.3 is 6.18 Å². The van der Waals surface area contributed by atoms with Crippen LogP contribution in [0.2, 0.25) is 0 Å². The van der Waals surface area contributed by atoms with E-state index in [2.05, 4.69) is 20.0 Å². The van der Waals surface area contributed by atoms with Gasteiger partial charge in [-0.15, -0.1) is 0 Å². The molecular formula is C17H15F5N4O3. The van der Waals surface area contributed by atoms with E-state index < -0.39 is 48.7 Å². The van der Waals surface area contributed by atoms with Crippen LogP contribution < -0.4 is 11.1 Å². The molecule has 0 unspecified atom stereocenters. The van der Waals surface area contributed by atoms with Crippen LogP contribution in [0.5, 0.6) is 0 Å². The first kappa shape index (κ1) is 20.6. The van der Waals surface area contributed by atoms with Gasteiger partial charge in [-0.05, 0) is 25.1 Å². The number of hydrogen-bond acceptors (Lipinski definition) is 6. The summed E-state index contributed by atoms with van der Waals surface area (Å²) >= 11 is 0. The Kier molecular flexibility index (Phi) is 5.20. The summed E-state index contributed by atoms with van der Waals surface area (Å²) in [6, 6.07) is 2.58. The smallest absolute Gasteiger partial charge is 0.425 e. The fourth-order valence-corrected chi connectivity index (χ4v) is 2.90. The number of amidine groups is 1. The van der Waals surface area contributed by atoms with E-state index in [9.17, 15) is 26.7 Å². The third-order valence-electron chi connectivity index (χ3n) is 4.27. The lowest BCUT2D eigenvalue weighted by Crippen LogP contribution is -2.46. The highest BCUT2D eigenvalue weighted by Crippen LogP contribution is 2.41. The molecule has 1 aromatic heterocycles. The Morgan fingerprint density at radius 1 is 1.41 bits per heavy atom. The number of anilines is 1. The number of aromatic nitrogens is 1. The van der Waals surface area contributed by atoms with E-state index in [0.29, 0.717) is 0 Å². The fourth-order valence-electron chi connectivity index (χ4n) is 2.90. The monoisotopic (exact) mass is 418 g/mol. The van der Waals surface area contributed by atoms with Crippen molar-refractivity contribution in [1.82, 2.24) is 4.98 Å². The molecule has 2 heterocycles. The molecule has 3 N–H and O–H groups in total. The molecule has 29 heavy (non-hydrogen) atoms. The van der Waals surface area contributed by atoms with Crippen LogP contribution in [0.3, 0.4) is 0 Å². The van der Waals surface area contributed by atoms with Gasteiger partial charge < -0.3 is 20.2 Å². The Balaban J connectivity index is 1.90. The van der Waals surface area contributed by atoms with Gasteiger partial charge in [-0.1, -0.05) is 0 Å². The van der Waals surface area contributed by atoms with Gasteiger partial charge in [-0.2, -0.15) is 13.2 Å². The average Bonchev–Trinajstić information content (AvgIpc) is 3.11. The van der Waals surface area contributed by atoms with Crippen molar-refractivity contribution in [2.45, 2.75) is 37.8 Å². The number of nitrogens with one attached hydrogen (secondary N) is 1. The predicted octanol–water partition coefficient (Wildman–Crippen LogP) is 3.42. The highest BCUT2D eigenvalue weighted by molar-refractivity contribution is 6.02. The van der Waals surface area contributed by atoms with E-state index >= 15 is 0 Å². The molecule has 0 fully saturated rings. The fraction of sp³-hybridized carbons (Fsp3) is 0.353. The molecule has 0 saturated carbocycles. The summed E-state index contributed by atoms with van der Waals surface area (Å²) in [5, 5.41) is 2.39. The molecule has 156 valence electrons. The number of rotatable bonds is 4. The SMILES string of the molecule is C[C@@]1(c2cc(NC(=O)c3coc(CF)n3)ccc2F)C[C@@H](C(F)(F)F)OC(N)=N1. The van der Waals surface area contributed by atoms with Crippen molar-refractivity contribution in [3.8, 4) is 0 Å². The van der Waals surface area contributed by atoms with E-state index in [1.165, 1.54) is 13.0 Å². The lowest BCUT2D eigenvalue weighted by molar-refractivity contribution is -0.208. The van der Waals surface area contributed by atoms with Crippen molar-refractivity contribution in [1.29, 1.82) is 0 Å². The van der Waals surface area contributed by atoms with Crippen LogP contribution in [-0.2, 0) is 17.0 Å². The quantitative estimate of drug-likeness (QED) is 0.741. The second-order valence-electron chi connectivity index (χ2n) is 6.48. The van der Waals surface area contributed by atoms with Gasteiger partial charge in [0.25, 0.3) is 11.9 Å². The van der Waals surface area contributed by atoms with E-state index in [-0.39, 0.29) is 22.8 Å². The number of amides is 1. The van der Waals surface area contributed by atoms with E-state index in [4.69, 9.17) is 10.2 Å². The Labute approximate surface area is 160 Å². The molecule has 0 spiro atoms. The maximum Gasteiger partial charge on any atom is 0.425 e.